The minimum absolute atomic E-state index is 0.00325. The first-order chi connectivity index (χ1) is 9.79. The van der Waals surface area contributed by atoms with Crippen LogP contribution in [0.5, 0.6) is 0 Å². The quantitative estimate of drug-likeness (QED) is 0.912. The molecule has 0 saturated heterocycles. The minimum Gasteiger partial charge on any atom is -0.343 e. The van der Waals surface area contributed by atoms with Crippen LogP contribution in [-0.4, -0.2) is 37.9 Å². The van der Waals surface area contributed by atoms with Crippen molar-refractivity contribution < 1.29 is 13.2 Å². The predicted octanol–water partition coefficient (Wildman–Crippen LogP) is 1.42. The van der Waals surface area contributed by atoms with Crippen LogP contribution in [0.15, 0.2) is 17.2 Å². The third kappa shape index (κ3) is 3.85. The summed E-state index contributed by atoms with van der Waals surface area (Å²) >= 11 is 0. The number of sulfonamides is 1. The Bertz CT molecular complexity index is 613. The molecule has 0 spiro atoms. The normalized spacial score (nSPS) is 16.9. The molecular weight excluding hydrogens is 290 g/mol. The summed E-state index contributed by atoms with van der Waals surface area (Å²) in [5.41, 5.74) is 0.384. The van der Waals surface area contributed by atoms with Crippen LogP contribution >= 0.6 is 0 Å². The Kier molecular flexibility index (Phi) is 4.73. The lowest BCUT2D eigenvalue weighted by Gasteiger charge is -2.23. The molecule has 1 amide bonds. The monoisotopic (exact) mass is 313 g/mol. The molecule has 0 aromatic carbocycles. The van der Waals surface area contributed by atoms with Crippen molar-refractivity contribution >= 4 is 15.9 Å². The number of hydrogen-bond acceptors (Lipinski definition) is 3. The van der Waals surface area contributed by atoms with Gasteiger partial charge in [0.05, 0.1) is 0 Å². The van der Waals surface area contributed by atoms with Crippen LogP contribution in [0, 0.1) is 5.92 Å². The lowest BCUT2D eigenvalue weighted by molar-refractivity contribution is 0.0815. The molecule has 0 atom stereocenters. The van der Waals surface area contributed by atoms with Crippen molar-refractivity contribution in [1.82, 2.24) is 9.47 Å². The first-order valence-electron chi connectivity index (χ1n) is 7.23. The van der Waals surface area contributed by atoms with Crippen molar-refractivity contribution in [3.8, 4) is 0 Å². The number of carbonyl (C=O) groups is 1. The van der Waals surface area contributed by atoms with Gasteiger partial charge in [0, 0.05) is 26.8 Å². The van der Waals surface area contributed by atoms with E-state index in [2.05, 4.69) is 0 Å². The first-order valence-corrected chi connectivity index (χ1v) is 8.78. The second kappa shape index (κ2) is 6.19. The predicted molar refractivity (Wildman–Crippen MR) is 80.4 cm³/mol. The lowest BCUT2D eigenvalue weighted by atomic mass is 9.89. The second-order valence-corrected chi connectivity index (χ2v) is 7.52. The van der Waals surface area contributed by atoms with Crippen LogP contribution in [0.4, 0.5) is 0 Å². The number of carbonyl (C=O) groups excluding carboxylic acids is 1. The molecule has 2 rings (SSSR count). The van der Waals surface area contributed by atoms with Gasteiger partial charge < -0.3 is 9.47 Å². The van der Waals surface area contributed by atoms with Gasteiger partial charge in [-0.3, -0.25) is 4.79 Å². The standard InChI is InChI=1S/C14H23N3O3S/c1-16(2)14(18)13-8-12(21(15,19)20)10-17(13)9-11-6-4-3-5-7-11/h8,10-11H,3-7,9H2,1-2H3,(H2,15,19,20). The van der Waals surface area contributed by atoms with E-state index in [0.717, 1.165) is 12.8 Å². The molecule has 7 heteroatoms. The zero-order valence-corrected chi connectivity index (χ0v) is 13.4. The molecule has 1 aliphatic carbocycles. The molecule has 1 saturated carbocycles. The molecule has 118 valence electrons. The highest BCUT2D eigenvalue weighted by atomic mass is 32.2. The molecule has 2 N–H and O–H groups in total. The van der Waals surface area contributed by atoms with Crippen LogP contribution in [0.25, 0.3) is 0 Å². The van der Waals surface area contributed by atoms with Crippen molar-refractivity contribution in [3.63, 3.8) is 0 Å². The number of rotatable bonds is 4. The first kappa shape index (κ1) is 16.0. The molecular formula is C14H23N3O3S. The molecule has 1 aliphatic rings. The Morgan fingerprint density at radius 2 is 1.95 bits per heavy atom. The zero-order valence-electron chi connectivity index (χ0n) is 12.6. The molecule has 1 aromatic heterocycles. The average molecular weight is 313 g/mol. The summed E-state index contributed by atoms with van der Waals surface area (Å²) in [5.74, 6) is 0.286. The third-order valence-electron chi connectivity index (χ3n) is 4.00. The fourth-order valence-corrected chi connectivity index (χ4v) is 3.40. The highest BCUT2D eigenvalue weighted by molar-refractivity contribution is 7.89. The van der Waals surface area contributed by atoms with E-state index in [1.165, 1.54) is 36.4 Å². The maximum Gasteiger partial charge on any atom is 0.270 e. The molecule has 0 aliphatic heterocycles. The van der Waals surface area contributed by atoms with Crippen LogP contribution in [0.1, 0.15) is 42.6 Å². The molecule has 0 radical (unpaired) electrons. The fourth-order valence-electron chi connectivity index (χ4n) is 2.85. The molecule has 1 fully saturated rings. The summed E-state index contributed by atoms with van der Waals surface area (Å²) in [6, 6.07) is 1.38. The van der Waals surface area contributed by atoms with Crippen molar-refractivity contribution in [2.45, 2.75) is 43.5 Å². The second-order valence-electron chi connectivity index (χ2n) is 5.96. The number of nitrogens with zero attached hydrogens (tertiary/aromatic N) is 2. The highest BCUT2D eigenvalue weighted by Gasteiger charge is 2.22. The van der Waals surface area contributed by atoms with Crippen LogP contribution in [0.3, 0.4) is 0 Å². The van der Waals surface area contributed by atoms with E-state index in [1.807, 2.05) is 0 Å². The Balaban J connectivity index is 2.32. The van der Waals surface area contributed by atoms with E-state index in [9.17, 15) is 13.2 Å². The Labute approximate surface area is 126 Å². The largest absolute Gasteiger partial charge is 0.343 e. The summed E-state index contributed by atoms with van der Waals surface area (Å²) in [5, 5.41) is 5.18. The van der Waals surface area contributed by atoms with Gasteiger partial charge in [-0.2, -0.15) is 0 Å². The molecule has 6 nitrogen and oxygen atoms in total. The summed E-state index contributed by atoms with van der Waals surface area (Å²) < 4.78 is 24.8. The molecule has 1 heterocycles. The van der Waals surface area contributed by atoms with Gasteiger partial charge in [-0.05, 0) is 24.8 Å². The Hall–Kier alpha value is -1.34. The van der Waals surface area contributed by atoms with Crippen molar-refractivity contribution in [3.05, 3.63) is 18.0 Å². The molecule has 0 unspecified atom stereocenters. The van der Waals surface area contributed by atoms with Gasteiger partial charge in [-0.15, -0.1) is 0 Å². The third-order valence-corrected chi connectivity index (χ3v) is 4.89. The molecule has 0 bridgehead atoms. The highest BCUT2D eigenvalue weighted by Crippen LogP contribution is 2.26. The maximum absolute atomic E-state index is 12.2. The topological polar surface area (TPSA) is 85.4 Å². The van der Waals surface area contributed by atoms with Gasteiger partial charge in [0.1, 0.15) is 10.6 Å². The Morgan fingerprint density at radius 1 is 1.33 bits per heavy atom. The smallest absolute Gasteiger partial charge is 0.270 e. The molecule has 21 heavy (non-hydrogen) atoms. The Morgan fingerprint density at radius 3 is 2.48 bits per heavy atom. The van der Waals surface area contributed by atoms with E-state index in [0.29, 0.717) is 18.2 Å². The van der Waals surface area contributed by atoms with Crippen molar-refractivity contribution in [1.29, 1.82) is 0 Å². The summed E-state index contributed by atoms with van der Waals surface area (Å²) in [6.45, 7) is 0.671. The van der Waals surface area contributed by atoms with E-state index < -0.39 is 10.0 Å². The van der Waals surface area contributed by atoms with Crippen LogP contribution < -0.4 is 5.14 Å². The van der Waals surface area contributed by atoms with Crippen LogP contribution in [-0.2, 0) is 16.6 Å². The number of hydrogen-bond donors (Lipinski definition) is 1. The fraction of sp³-hybridized carbons (Fsp3) is 0.643. The maximum atomic E-state index is 12.2. The lowest BCUT2D eigenvalue weighted by Crippen LogP contribution is -2.26. The number of amides is 1. The number of nitrogens with two attached hydrogens (primary N) is 1. The van der Waals surface area contributed by atoms with Gasteiger partial charge in [0.2, 0.25) is 10.0 Å². The average Bonchev–Trinajstić information content (AvgIpc) is 2.82. The van der Waals surface area contributed by atoms with E-state index >= 15 is 0 Å². The number of aromatic nitrogens is 1. The SMILES string of the molecule is CN(C)C(=O)c1cc(S(N)(=O)=O)cn1CC1CCCCC1. The van der Waals surface area contributed by atoms with Crippen molar-refractivity contribution in [2.24, 2.45) is 11.1 Å². The van der Waals surface area contributed by atoms with Crippen LogP contribution in [0.2, 0.25) is 0 Å². The number of primary sulfonamides is 1. The van der Waals surface area contributed by atoms with Gasteiger partial charge in [-0.1, -0.05) is 19.3 Å². The minimum atomic E-state index is -3.80. The van der Waals surface area contributed by atoms with E-state index in [-0.39, 0.29) is 10.8 Å². The molecule has 1 aromatic rings. The van der Waals surface area contributed by atoms with Gasteiger partial charge in [-0.25, -0.2) is 13.6 Å². The summed E-state index contributed by atoms with van der Waals surface area (Å²) in [7, 11) is -0.497. The van der Waals surface area contributed by atoms with Gasteiger partial charge in [0.15, 0.2) is 0 Å². The van der Waals surface area contributed by atoms with E-state index in [1.54, 1.807) is 18.7 Å². The summed E-state index contributed by atoms with van der Waals surface area (Å²) in [6.07, 6.45) is 7.39. The van der Waals surface area contributed by atoms with Gasteiger partial charge >= 0.3 is 0 Å². The zero-order chi connectivity index (χ0) is 15.6. The van der Waals surface area contributed by atoms with Gasteiger partial charge in [0.25, 0.3) is 5.91 Å². The van der Waals surface area contributed by atoms with E-state index in [4.69, 9.17) is 5.14 Å². The summed E-state index contributed by atoms with van der Waals surface area (Å²) in [4.78, 5) is 13.7. The van der Waals surface area contributed by atoms with Crippen molar-refractivity contribution in [2.75, 3.05) is 14.1 Å².